The second kappa shape index (κ2) is 4.11. The number of allylic oxidation sites excluding steroid dienone is 1. The quantitative estimate of drug-likeness (QED) is 0.586. The van der Waals surface area contributed by atoms with Crippen LogP contribution < -0.4 is 0 Å². The summed E-state index contributed by atoms with van der Waals surface area (Å²) in [7, 11) is 0. The average molecular weight is 259 g/mol. The summed E-state index contributed by atoms with van der Waals surface area (Å²) in [5, 5.41) is 1.39. The van der Waals surface area contributed by atoms with Gasteiger partial charge < -0.3 is 4.57 Å². The lowest BCUT2D eigenvalue weighted by atomic mass is 10.1. The third kappa shape index (κ3) is 1.50. The Morgan fingerprint density at radius 1 is 0.900 bits per heavy atom. The van der Waals surface area contributed by atoms with E-state index in [0.717, 1.165) is 6.42 Å². The first-order valence-electron chi connectivity index (χ1n) is 7.11. The van der Waals surface area contributed by atoms with Crippen LogP contribution in [0.1, 0.15) is 23.7 Å². The molecule has 0 bridgehead atoms. The van der Waals surface area contributed by atoms with Gasteiger partial charge in [0.05, 0.1) is 11.2 Å². The first-order chi connectivity index (χ1) is 9.75. The first-order valence-corrected chi connectivity index (χ1v) is 7.11. The maximum absolute atomic E-state index is 2.41. The smallest absolute Gasteiger partial charge is 0.0537 e. The molecule has 1 heterocycles. The molecule has 1 nitrogen and oxygen atoms in total. The van der Waals surface area contributed by atoms with E-state index in [4.69, 9.17) is 0 Å². The highest BCUT2D eigenvalue weighted by molar-refractivity contribution is 5.92. The van der Waals surface area contributed by atoms with Gasteiger partial charge in [0.25, 0.3) is 0 Å². The molecule has 0 saturated carbocycles. The van der Waals surface area contributed by atoms with E-state index in [0.29, 0.717) is 0 Å². The van der Waals surface area contributed by atoms with Crippen molar-refractivity contribution in [2.45, 2.75) is 20.3 Å². The van der Waals surface area contributed by atoms with Crippen molar-refractivity contribution < 1.29 is 0 Å². The molecule has 0 amide bonds. The number of aryl methyl sites for hydroxylation is 1. The second-order valence-electron chi connectivity index (χ2n) is 5.67. The van der Waals surface area contributed by atoms with Crippen LogP contribution in [0.5, 0.6) is 0 Å². The summed E-state index contributed by atoms with van der Waals surface area (Å²) in [6, 6.07) is 17.4. The number of para-hydroxylation sites is 2. The van der Waals surface area contributed by atoms with E-state index in [2.05, 4.69) is 73.0 Å². The van der Waals surface area contributed by atoms with E-state index >= 15 is 0 Å². The Bertz CT molecular complexity index is 849. The summed E-state index contributed by atoms with van der Waals surface area (Å²) in [5.41, 5.74) is 8.20. The Hall–Kier alpha value is -2.28. The molecule has 0 radical (unpaired) electrons. The van der Waals surface area contributed by atoms with Gasteiger partial charge in [-0.25, -0.2) is 0 Å². The van der Waals surface area contributed by atoms with Gasteiger partial charge in [0, 0.05) is 11.1 Å². The summed E-state index contributed by atoms with van der Waals surface area (Å²) in [6.07, 6.45) is 3.41. The molecule has 0 N–H and O–H groups in total. The number of hydrogen-bond acceptors (Lipinski definition) is 0. The third-order valence-electron chi connectivity index (χ3n) is 4.22. The summed E-state index contributed by atoms with van der Waals surface area (Å²) in [6.45, 7) is 4.40. The molecule has 1 aliphatic carbocycles. The van der Waals surface area contributed by atoms with Gasteiger partial charge in [-0.05, 0) is 49.6 Å². The maximum Gasteiger partial charge on any atom is 0.0537 e. The predicted molar refractivity (Wildman–Crippen MR) is 85.4 cm³/mol. The van der Waals surface area contributed by atoms with E-state index in [9.17, 15) is 0 Å². The molecule has 1 heteroatoms. The normalized spacial score (nSPS) is 13.6. The Morgan fingerprint density at radius 3 is 2.50 bits per heavy atom. The molecule has 20 heavy (non-hydrogen) atoms. The van der Waals surface area contributed by atoms with E-state index in [-0.39, 0.29) is 0 Å². The van der Waals surface area contributed by atoms with Crippen molar-refractivity contribution in [3.8, 4) is 5.69 Å². The molecule has 98 valence electrons. The van der Waals surface area contributed by atoms with Crippen molar-refractivity contribution in [2.75, 3.05) is 0 Å². The van der Waals surface area contributed by atoms with Crippen molar-refractivity contribution in [2.24, 2.45) is 0 Å². The van der Waals surface area contributed by atoms with Gasteiger partial charge in [-0.3, -0.25) is 0 Å². The molecule has 1 aromatic heterocycles. The van der Waals surface area contributed by atoms with Gasteiger partial charge >= 0.3 is 0 Å². The summed E-state index contributed by atoms with van der Waals surface area (Å²) in [5.74, 6) is 0. The van der Waals surface area contributed by atoms with E-state index in [1.165, 1.54) is 39.0 Å². The number of hydrogen-bond donors (Lipinski definition) is 0. The van der Waals surface area contributed by atoms with Crippen LogP contribution in [-0.4, -0.2) is 4.57 Å². The maximum atomic E-state index is 2.41. The highest BCUT2D eigenvalue weighted by Gasteiger charge is 2.21. The minimum atomic E-state index is 1.08. The van der Waals surface area contributed by atoms with Gasteiger partial charge in [-0.2, -0.15) is 0 Å². The molecule has 0 spiro atoms. The van der Waals surface area contributed by atoms with Crippen molar-refractivity contribution in [3.63, 3.8) is 0 Å². The zero-order chi connectivity index (χ0) is 13.7. The Labute approximate surface area is 119 Å². The van der Waals surface area contributed by atoms with Crippen molar-refractivity contribution in [1.82, 2.24) is 4.57 Å². The van der Waals surface area contributed by atoms with E-state index in [1.54, 1.807) is 0 Å². The molecule has 2 aromatic carbocycles. The van der Waals surface area contributed by atoms with Crippen LogP contribution in [0.15, 0.2) is 54.1 Å². The number of nitrogens with zero attached hydrogens (tertiary/aromatic N) is 1. The summed E-state index contributed by atoms with van der Waals surface area (Å²) < 4.78 is 2.41. The van der Waals surface area contributed by atoms with E-state index < -0.39 is 0 Å². The molecular formula is C19H17N. The zero-order valence-corrected chi connectivity index (χ0v) is 11.9. The lowest BCUT2D eigenvalue weighted by Gasteiger charge is -2.11. The van der Waals surface area contributed by atoms with Gasteiger partial charge in [-0.1, -0.05) is 42.0 Å². The van der Waals surface area contributed by atoms with Crippen LogP contribution in [0.3, 0.4) is 0 Å². The topological polar surface area (TPSA) is 4.93 Å². The van der Waals surface area contributed by atoms with Gasteiger partial charge in [0.1, 0.15) is 0 Å². The van der Waals surface area contributed by atoms with Gasteiger partial charge in [-0.15, -0.1) is 0 Å². The largest absolute Gasteiger partial charge is 0.309 e. The lowest BCUT2D eigenvalue weighted by Crippen LogP contribution is -1.98. The van der Waals surface area contributed by atoms with Crippen molar-refractivity contribution >= 4 is 17.0 Å². The summed E-state index contributed by atoms with van der Waals surface area (Å²) >= 11 is 0. The number of aromatic nitrogens is 1. The molecule has 0 saturated heterocycles. The second-order valence-corrected chi connectivity index (χ2v) is 5.67. The van der Waals surface area contributed by atoms with Crippen LogP contribution in [0, 0.1) is 6.92 Å². The summed E-state index contributed by atoms with van der Waals surface area (Å²) in [4.78, 5) is 0. The Kier molecular flexibility index (Phi) is 2.37. The predicted octanol–water partition coefficient (Wildman–Crippen LogP) is 4.90. The van der Waals surface area contributed by atoms with Crippen LogP contribution in [0.2, 0.25) is 0 Å². The number of rotatable bonds is 1. The first kappa shape index (κ1) is 11.5. The van der Waals surface area contributed by atoms with E-state index in [1.807, 2.05) is 0 Å². The van der Waals surface area contributed by atoms with Crippen molar-refractivity contribution in [3.05, 3.63) is 70.9 Å². The molecule has 4 rings (SSSR count). The molecule has 1 aliphatic rings. The van der Waals surface area contributed by atoms with Gasteiger partial charge in [0.2, 0.25) is 0 Å². The number of fused-ring (bicyclic) bond motifs is 3. The fourth-order valence-corrected chi connectivity index (χ4v) is 3.30. The Balaban J connectivity index is 2.14. The average Bonchev–Trinajstić information content (AvgIpc) is 2.95. The lowest BCUT2D eigenvalue weighted by molar-refractivity contribution is 1.08. The molecule has 0 unspecified atom stereocenters. The van der Waals surface area contributed by atoms with Crippen molar-refractivity contribution in [1.29, 1.82) is 0 Å². The highest BCUT2D eigenvalue weighted by Crippen LogP contribution is 2.37. The standard InChI is InChI=1S/C19H17N/c1-13-11-16-15-8-4-6-10-18(15)20(19(16)12-13)17-9-5-3-7-14(17)2/h3-10,12H,11H2,1-2H3. The van der Waals surface area contributed by atoms with Gasteiger partial charge in [0.15, 0.2) is 0 Å². The van der Waals surface area contributed by atoms with Crippen LogP contribution in [0.25, 0.3) is 22.7 Å². The molecule has 3 aromatic rings. The molecule has 0 atom stereocenters. The highest BCUT2D eigenvalue weighted by atomic mass is 15.0. The van der Waals surface area contributed by atoms with Crippen LogP contribution >= 0.6 is 0 Å². The fraction of sp³-hybridized carbons (Fsp3) is 0.158. The minimum Gasteiger partial charge on any atom is -0.309 e. The monoisotopic (exact) mass is 259 g/mol. The fourth-order valence-electron chi connectivity index (χ4n) is 3.30. The molecular weight excluding hydrogens is 242 g/mol. The zero-order valence-electron chi connectivity index (χ0n) is 11.9. The van der Waals surface area contributed by atoms with Crippen LogP contribution in [-0.2, 0) is 6.42 Å². The molecule has 0 fully saturated rings. The number of benzene rings is 2. The van der Waals surface area contributed by atoms with Crippen LogP contribution in [0.4, 0.5) is 0 Å². The SMILES string of the molecule is CC1=Cc2c(c3ccccc3n2-c2ccccc2C)C1. The Morgan fingerprint density at radius 2 is 1.65 bits per heavy atom. The minimum absolute atomic E-state index is 1.08. The third-order valence-corrected chi connectivity index (χ3v) is 4.22. The molecule has 0 aliphatic heterocycles.